The quantitative estimate of drug-likeness (QED) is 0.635. The first-order chi connectivity index (χ1) is 9.14. The van der Waals surface area contributed by atoms with Crippen molar-refractivity contribution in [1.82, 2.24) is 4.90 Å². The van der Waals surface area contributed by atoms with Gasteiger partial charge in [0, 0.05) is 12.1 Å². The molecule has 0 aromatic rings. The molecule has 0 aliphatic heterocycles. The molecular weight excluding hydrogens is 232 g/mol. The molecule has 2 nitrogen and oxygen atoms in total. The van der Waals surface area contributed by atoms with Crippen molar-refractivity contribution in [2.45, 2.75) is 83.6 Å². The Morgan fingerprint density at radius 1 is 1.16 bits per heavy atom. The predicted octanol–water partition coefficient (Wildman–Crippen LogP) is 4.19. The molecule has 0 aromatic carbocycles. The molecule has 1 rings (SSSR count). The molecule has 0 bridgehead atoms. The minimum atomic E-state index is 0.307. The maximum atomic E-state index is 6.13. The largest absolute Gasteiger partial charge is 0.329 e. The lowest BCUT2D eigenvalue weighted by molar-refractivity contribution is 0.0602. The standard InChI is InChI=1S/C17H36N2/c1-4-5-6-7-8-9-13-19(3)17(15-18)12-10-11-16(2)14-17/h16H,4-15,18H2,1-3H3. The molecule has 114 valence electrons. The van der Waals surface area contributed by atoms with Crippen molar-refractivity contribution in [2.75, 3.05) is 20.1 Å². The van der Waals surface area contributed by atoms with Crippen molar-refractivity contribution in [3.8, 4) is 0 Å². The number of unbranched alkanes of at least 4 members (excludes halogenated alkanes) is 5. The number of nitrogens with two attached hydrogens (primary N) is 1. The van der Waals surface area contributed by atoms with Crippen LogP contribution >= 0.6 is 0 Å². The molecular formula is C17H36N2. The topological polar surface area (TPSA) is 29.3 Å². The fraction of sp³-hybridized carbons (Fsp3) is 1.00. The van der Waals surface area contributed by atoms with E-state index in [1.807, 2.05) is 0 Å². The average Bonchev–Trinajstić information content (AvgIpc) is 2.42. The zero-order valence-electron chi connectivity index (χ0n) is 13.6. The smallest absolute Gasteiger partial charge is 0.0331 e. The van der Waals surface area contributed by atoms with Crippen LogP contribution in [0.5, 0.6) is 0 Å². The number of hydrogen-bond acceptors (Lipinski definition) is 2. The highest BCUT2D eigenvalue weighted by Gasteiger charge is 2.36. The summed E-state index contributed by atoms with van der Waals surface area (Å²) in [5.74, 6) is 0.851. The Hall–Kier alpha value is -0.0800. The van der Waals surface area contributed by atoms with E-state index in [-0.39, 0.29) is 0 Å². The summed E-state index contributed by atoms with van der Waals surface area (Å²) in [5, 5.41) is 0. The number of hydrogen-bond donors (Lipinski definition) is 1. The van der Waals surface area contributed by atoms with Crippen molar-refractivity contribution in [1.29, 1.82) is 0 Å². The molecule has 2 heteroatoms. The van der Waals surface area contributed by atoms with E-state index in [2.05, 4.69) is 25.8 Å². The van der Waals surface area contributed by atoms with Crippen LogP contribution in [0.25, 0.3) is 0 Å². The Kier molecular flexibility index (Phi) is 8.01. The second kappa shape index (κ2) is 8.97. The summed E-state index contributed by atoms with van der Waals surface area (Å²) < 4.78 is 0. The zero-order valence-corrected chi connectivity index (χ0v) is 13.6. The first-order valence-corrected chi connectivity index (χ1v) is 8.56. The van der Waals surface area contributed by atoms with E-state index in [0.717, 1.165) is 12.5 Å². The van der Waals surface area contributed by atoms with Crippen molar-refractivity contribution < 1.29 is 0 Å². The molecule has 0 heterocycles. The second-order valence-corrected chi connectivity index (χ2v) is 6.82. The number of rotatable bonds is 9. The van der Waals surface area contributed by atoms with Gasteiger partial charge in [-0.3, -0.25) is 4.90 Å². The summed E-state index contributed by atoms with van der Waals surface area (Å²) in [6.07, 6.45) is 13.7. The van der Waals surface area contributed by atoms with Gasteiger partial charge >= 0.3 is 0 Å². The average molecular weight is 268 g/mol. The van der Waals surface area contributed by atoms with Crippen LogP contribution in [0, 0.1) is 5.92 Å². The highest BCUT2D eigenvalue weighted by Crippen LogP contribution is 2.35. The van der Waals surface area contributed by atoms with Gasteiger partial charge in [0.05, 0.1) is 0 Å². The van der Waals surface area contributed by atoms with E-state index >= 15 is 0 Å². The summed E-state index contributed by atoms with van der Waals surface area (Å²) in [4.78, 5) is 2.59. The van der Waals surface area contributed by atoms with Crippen molar-refractivity contribution in [3.05, 3.63) is 0 Å². The van der Waals surface area contributed by atoms with E-state index in [1.54, 1.807) is 0 Å². The molecule has 1 aliphatic carbocycles. The molecule has 1 aliphatic rings. The molecule has 0 saturated heterocycles. The summed E-state index contributed by atoms with van der Waals surface area (Å²) in [7, 11) is 2.30. The molecule has 1 saturated carbocycles. The number of nitrogens with zero attached hydrogens (tertiary/aromatic N) is 1. The fourth-order valence-corrected chi connectivity index (χ4v) is 3.69. The lowest BCUT2D eigenvalue weighted by Gasteiger charge is -2.46. The summed E-state index contributed by atoms with van der Waals surface area (Å²) in [6.45, 7) is 6.74. The molecule has 0 aromatic heterocycles. The lowest BCUT2D eigenvalue weighted by atomic mass is 9.75. The van der Waals surface area contributed by atoms with Gasteiger partial charge in [-0.2, -0.15) is 0 Å². The van der Waals surface area contributed by atoms with Gasteiger partial charge in [-0.05, 0) is 38.8 Å². The molecule has 2 unspecified atom stereocenters. The Bertz CT molecular complexity index is 229. The van der Waals surface area contributed by atoms with Crippen LogP contribution in [0.1, 0.15) is 78.1 Å². The zero-order chi connectivity index (χ0) is 14.1. The van der Waals surface area contributed by atoms with Gasteiger partial charge in [-0.15, -0.1) is 0 Å². The van der Waals surface area contributed by atoms with E-state index in [0.29, 0.717) is 5.54 Å². The van der Waals surface area contributed by atoms with Crippen LogP contribution < -0.4 is 5.73 Å². The van der Waals surface area contributed by atoms with Gasteiger partial charge in [-0.25, -0.2) is 0 Å². The third kappa shape index (κ3) is 5.43. The first kappa shape index (κ1) is 17.0. The highest BCUT2D eigenvalue weighted by molar-refractivity contribution is 4.94. The third-order valence-corrected chi connectivity index (χ3v) is 5.10. The molecule has 0 radical (unpaired) electrons. The first-order valence-electron chi connectivity index (χ1n) is 8.56. The third-order valence-electron chi connectivity index (χ3n) is 5.10. The van der Waals surface area contributed by atoms with Crippen LogP contribution in [0.2, 0.25) is 0 Å². The SMILES string of the molecule is CCCCCCCCN(C)C1(CN)CCCC(C)C1. The van der Waals surface area contributed by atoms with E-state index in [4.69, 9.17) is 5.73 Å². The van der Waals surface area contributed by atoms with Crippen LogP contribution in [0.3, 0.4) is 0 Å². The molecule has 2 N–H and O–H groups in total. The Balaban J connectivity index is 2.27. The Morgan fingerprint density at radius 2 is 1.84 bits per heavy atom. The van der Waals surface area contributed by atoms with Crippen LogP contribution in [-0.2, 0) is 0 Å². The Morgan fingerprint density at radius 3 is 2.47 bits per heavy atom. The lowest BCUT2D eigenvalue weighted by Crippen LogP contribution is -2.54. The van der Waals surface area contributed by atoms with Gasteiger partial charge in [0.1, 0.15) is 0 Å². The minimum Gasteiger partial charge on any atom is -0.329 e. The van der Waals surface area contributed by atoms with Gasteiger partial charge in [0.15, 0.2) is 0 Å². The van der Waals surface area contributed by atoms with Crippen LogP contribution in [0.4, 0.5) is 0 Å². The molecule has 2 atom stereocenters. The second-order valence-electron chi connectivity index (χ2n) is 6.82. The fourth-order valence-electron chi connectivity index (χ4n) is 3.69. The normalized spacial score (nSPS) is 27.9. The monoisotopic (exact) mass is 268 g/mol. The molecule has 1 fully saturated rings. The molecule has 0 spiro atoms. The predicted molar refractivity (Wildman–Crippen MR) is 85.4 cm³/mol. The van der Waals surface area contributed by atoms with Crippen molar-refractivity contribution >= 4 is 0 Å². The van der Waals surface area contributed by atoms with E-state index in [9.17, 15) is 0 Å². The number of likely N-dealkylation sites (N-methyl/N-ethyl adjacent to an activating group) is 1. The summed E-state index contributed by atoms with van der Waals surface area (Å²) >= 11 is 0. The minimum absolute atomic E-state index is 0.307. The van der Waals surface area contributed by atoms with Crippen LogP contribution in [0.15, 0.2) is 0 Å². The van der Waals surface area contributed by atoms with Gasteiger partial charge in [0.2, 0.25) is 0 Å². The van der Waals surface area contributed by atoms with Crippen LogP contribution in [-0.4, -0.2) is 30.6 Å². The Labute approximate surface area is 121 Å². The highest BCUT2D eigenvalue weighted by atomic mass is 15.2. The maximum absolute atomic E-state index is 6.13. The van der Waals surface area contributed by atoms with Gasteiger partial charge < -0.3 is 5.73 Å². The maximum Gasteiger partial charge on any atom is 0.0331 e. The van der Waals surface area contributed by atoms with E-state index in [1.165, 1.54) is 70.8 Å². The van der Waals surface area contributed by atoms with Gasteiger partial charge in [0.25, 0.3) is 0 Å². The summed E-state index contributed by atoms with van der Waals surface area (Å²) in [6, 6.07) is 0. The van der Waals surface area contributed by atoms with Gasteiger partial charge in [-0.1, -0.05) is 58.8 Å². The summed E-state index contributed by atoms with van der Waals surface area (Å²) in [5.41, 5.74) is 6.44. The van der Waals surface area contributed by atoms with Crippen molar-refractivity contribution in [2.24, 2.45) is 11.7 Å². The van der Waals surface area contributed by atoms with E-state index < -0.39 is 0 Å². The molecule has 0 amide bonds. The van der Waals surface area contributed by atoms with Crippen molar-refractivity contribution in [3.63, 3.8) is 0 Å². The molecule has 19 heavy (non-hydrogen) atoms.